The number of benzene rings is 1. The molecular weight excluding hydrogens is 370 g/mol. The van der Waals surface area contributed by atoms with Gasteiger partial charge in [0.1, 0.15) is 4.21 Å². The lowest BCUT2D eigenvalue weighted by Crippen LogP contribution is -2.22. The van der Waals surface area contributed by atoms with Crippen LogP contribution in [0, 0.1) is 6.92 Å². The monoisotopic (exact) mass is 387 g/mol. The van der Waals surface area contributed by atoms with E-state index >= 15 is 0 Å². The van der Waals surface area contributed by atoms with Crippen molar-refractivity contribution in [3.05, 3.63) is 50.8 Å². The highest BCUT2D eigenvalue weighted by atomic mass is 79.9. The first-order valence-corrected chi connectivity index (χ1v) is 9.73. The molecule has 1 aromatic heterocycles. The third-order valence-corrected chi connectivity index (χ3v) is 7.22. The lowest BCUT2D eigenvalue weighted by Gasteiger charge is -2.08. The summed E-state index contributed by atoms with van der Waals surface area (Å²) in [7, 11) is -3.45. The Hall–Kier alpha value is -0.690. The smallest absolute Gasteiger partial charge is 0.206 e. The average molecular weight is 388 g/mol. The van der Waals surface area contributed by atoms with Crippen LogP contribution in [0.4, 0.5) is 0 Å². The second-order valence-electron chi connectivity index (χ2n) is 5.24. The summed E-state index contributed by atoms with van der Waals surface area (Å²) in [5, 5.41) is 0. The van der Waals surface area contributed by atoms with Crippen LogP contribution in [-0.4, -0.2) is 8.42 Å². The van der Waals surface area contributed by atoms with Crippen LogP contribution in [0.1, 0.15) is 36.5 Å². The van der Waals surface area contributed by atoms with Gasteiger partial charge in [-0.2, -0.15) is 0 Å². The van der Waals surface area contributed by atoms with Crippen LogP contribution in [0.3, 0.4) is 0 Å². The molecule has 1 heterocycles. The van der Waals surface area contributed by atoms with Crippen LogP contribution in [0.25, 0.3) is 0 Å². The van der Waals surface area contributed by atoms with Gasteiger partial charge in [-0.1, -0.05) is 38.1 Å². The molecule has 0 aliphatic rings. The maximum atomic E-state index is 12.2. The number of nitrogens with one attached hydrogen (secondary N) is 1. The van der Waals surface area contributed by atoms with Crippen molar-refractivity contribution in [2.45, 2.75) is 37.4 Å². The van der Waals surface area contributed by atoms with E-state index in [4.69, 9.17) is 0 Å². The highest BCUT2D eigenvalue weighted by Gasteiger charge is 2.17. The van der Waals surface area contributed by atoms with Crippen molar-refractivity contribution in [3.8, 4) is 0 Å². The molecule has 0 unspecified atom stereocenters. The zero-order chi connectivity index (χ0) is 15.6. The summed E-state index contributed by atoms with van der Waals surface area (Å²) >= 11 is 4.58. The van der Waals surface area contributed by atoms with Crippen molar-refractivity contribution >= 4 is 37.3 Å². The SMILES string of the molecule is Cc1cc(S(=O)(=O)NCc2ccc(C(C)C)cc2)sc1Br. The molecule has 0 amide bonds. The van der Waals surface area contributed by atoms with E-state index in [1.54, 1.807) is 6.07 Å². The van der Waals surface area contributed by atoms with Gasteiger partial charge in [0.05, 0.1) is 3.79 Å². The van der Waals surface area contributed by atoms with Crippen molar-refractivity contribution in [1.82, 2.24) is 4.72 Å². The first-order valence-electron chi connectivity index (χ1n) is 6.64. The zero-order valence-corrected chi connectivity index (χ0v) is 15.4. The molecule has 21 heavy (non-hydrogen) atoms. The third kappa shape index (κ3) is 4.16. The molecule has 0 atom stereocenters. The summed E-state index contributed by atoms with van der Waals surface area (Å²) in [4.78, 5) is 0. The summed E-state index contributed by atoms with van der Waals surface area (Å²) in [5.74, 6) is 0.474. The minimum absolute atomic E-state index is 0.301. The van der Waals surface area contributed by atoms with Crippen molar-refractivity contribution < 1.29 is 8.42 Å². The van der Waals surface area contributed by atoms with E-state index in [1.807, 2.05) is 31.2 Å². The van der Waals surface area contributed by atoms with E-state index in [-0.39, 0.29) is 0 Å². The Morgan fingerprint density at radius 1 is 1.24 bits per heavy atom. The van der Waals surface area contributed by atoms with E-state index in [0.29, 0.717) is 16.7 Å². The van der Waals surface area contributed by atoms with E-state index in [0.717, 1.165) is 14.9 Å². The van der Waals surface area contributed by atoms with E-state index in [9.17, 15) is 8.42 Å². The Kier molecular flexibility index (Phi) is 5.24. The standard InChI is InChI=1S/C15H18BrNO2S2/c1-10(2)13-6-4-12(5-7-13)9-17-21(18,19)14-8-11(3)15(16)20-14/h4-8,10,17H,9H2,1-3H3. The molecule has 0 bridgehead atoms. The van der Waals surface area contributed by atoms with Crippen LogP contribution in [0.2, 0.25) is 0 Å². The number of sulfonamides is 1. The number of hydrogen-bond acceptors (Lipinski definition) is 3. The molecule has 1 N–H and O–H groups in total. The van der Waals surface area contributed by atoms with Gasteiger partial charge >= 0.3 is 0 Å². The minimum Gasteiger partial charge on any atom is -0.206 e. The Bertz CT molecular complexity index is 699. The summed E-state index contributed by atoms with van der Waals surface area (Å²) in [6, 6.07) is 9.69. The van der Waals surface area contributed by atoms with Crippen LogP contribution in [-0.2, 0) is 16.6 Å². The molecule has 114 valence electrons. The number of hydrogen-bond donors (Lipinski definition) is 1. The quantitative estimate of drug-likeness (QED) is 0.824. The minimum atomic E-state index is -3.45. The van der Waals surface area contributed by atoms with E-state index < -0.39 is 10.0 Å². The molecule has 0 spiro atoms. The van der Waals surface area contributed by atoms with Gasteiger partial charge in [0, 0.05) is 6.54 Å². The topological polar surface area (TPSA) is 46.2 Å². The molecule has 2 aromatic rings. The summed E-state index contributed by atoms with van der Waals surface area (Å²) < 4.78 is 28.3. The summed E-state index contributed by atoms with van der Waals surface area (Å²) in [5.41, 5.74) is 3.14. The van der Waals surface area contributed by atoms with E-state index in [1.165, 1.54) is 16.9 Å². The molecule has 0 saturated heterocycles. The van der Waals surface area contributed by atoms with Gasteiger partial charge in [0.25, 0.3) is 0 Å². The maximum Gasteiger partial charge on any atom is 0.250 e. The molecule has 0 aliphatic heterocycles. The lowest BCUT2D eigenvalue weighted by molar-refractivity contribution is 0.583. The van der Waals surface area contributed by atoms with Gasteiger partial charge < -0.3 is 0 Å². The highest BCUT2D eigenvalue weighted by Crippen LogP contribution is 2.30. The van der Waals surface area contributed by atoms with Crippen molar-refractivity contribution in [1.29, 1.82) is 0 Å². The molecular formula is C15H18BrNO2S2. The average Bonchev–Trinajstić information content (AvgIpc) is 2.78. The highest BCUT2D eigenvalue weighted by molar-refractivity contribution is 9.11. The molecule has 6 heteroatoms. The number of halogens is 1. The fraction of sp³-hybridized carbons (Fsp3) is 0.333. The van der Waals surface area contributed by atoms with Crippen molar-refractivity contribution in [2.75, 3.05) is 0 Å². The van der Waals surface area contributed by atoms with Crippen LogP contribution < -0.4 is 4.72 Å². The molecule has 0 saturated carbocycles. The molecule has 0 aliphatic carbocycles. The Labute approximate surface area is 138 Å². The fourth-order valence-corrected chi connectivity index (χ4v) is 5.12. The predicted molar refractivity (Wildman–Crippen MR) is 91.3 cm³/mol. The predicted octanol–water partition coefficient (Wildman–Crippen LogP) is 4.42. The first-order chi connectivity index (χ1) is 9.79. The second kappa shape index (κ2) is 6.60. The maximum absolute atomic E-state index is 12.2. The zero-order valence-electron chi connectivity index (χ0n) is 12.2. The van der Waals surface area contributed by atoms with Gasteiger partial charge in [0.2, 0.25) is 10.0 Å². The molecule has 3 nitrogen and oxygen atoms in total. The van der Waals surface area contributed by atoms with Crippen molar-refractivity contribution in [2.24, 2.45) is 0 Å². The Balaban J connectivity index is 2.08. The fourth-order valence-electron chi connectivity index (χ4n) is 1.83. The van der Waals surface area contributed by atoms with Crippen LogP contribution in [0.5, 0.6) is 0 Å². The van der Waals surface area contributed by atoms with Crippen LogP contribution in [0.15, 0.2) is 38.3 Å². The van der Waals surface area contributed by atoms with Gasteiger partial charge in [-0.25, -0.2) is 13.1 Å². The Morgan fingerprint density at radius 2 is 1.86 bits per heavy atom. The molecule has 1 aromatic carbocycles. The number of rotatable bonds is 5. The van der Waals surface area contributed by atoms with Gasteiger partial charge in [0.15, 0.2) is 0 Å². The van der Waals surface area contributed by atoms with Crippen molar-refractivity contribution in [3.63, 3.8) is 0 Å². The van der Waals surface area contributed by atoms with E-state index in [2.05, 4.69) is 34.5 Å². The lowest BCUT2D eigenvalue weighted by atomic mass is 10.0. The summed E-state index contributed by atoms with van der Waals surface area (Å²) in [6.07, 6.45) is 0. The molecule has 2 rings (SSSR count). The summed E-state index contributed by atoms with van der Waals surface area (Å²) in [6.45, 7) is 6.45. The molecule has 0 radical (unpaired) electrons. The van der Waals surface area contributed by atoms with Crippen LogP contribution >= 0.6 is 27.3 Å². The van der Waals surface area contributed by atoms with Gasteiger partial charge in [-0.15, -0.1) is 11.3 Å². The second-order valence-corrected chi connectivity index (χ2v) is 9.61. The largest absolute Gasteiger partial charge is 0.250 e. The van der Waals surface area contributed by atoms with Gasteiger partial charge in [-0.3, -0.25) is 0 Å². The first kappa shape index (κ1) is 16.7. The normalized spacial score (nSPS) is 12.0. The molecule has 0 fully saturated rings. The third-order valence-electron chi connectivity index (χ3n) is 3.21. The Morgan fingerprint density at radius 3 is 2.33 bits per heavy atom. The number of aryl methyl sites for hydroxylation is 1. The van der Waals surface area contributed by atoms with Gasteiger partial charge in [-0.05, 0) is 51.5 Å². The number of thiophene rings is 1.